The van der Waals surface area contributed by atoms with Crippen LogP contribution in [0.15, 0.2) is 47.0 Å². The minimum Gasteiger partial charge on any atom is -0.383 e. The molecule has 1 heterocycles. The third kappa shape index (κ3) is 5.38. The number of nitrogens with one attached hydrogen (secondary N) is 1. The summed E-state index contributed by atoms with van der Waals surface area (Å²) in [6.07, 6.45) is 1.38. The second-order valence-corrected chi connectivity index (χ2v) is 5.51. The highest BCUT2D eigenvalue weighted by atomic mass is 19.4. The van der Waals surface area contributed by atoms with Crippen LogP contribution >= 0.6 is 0 Å². The Hall–Kier alpha value is -2.75. The van der Waals surface area contributed by atoms with Gasteiger partial charge < -0.3 is 10.5 Å². The van der Waals surface area contributed by atoms with E-state index in [1.54, 1.807) is 13.1 Å². The van der Waals surface area contributed by atoms with Crippen LogP contribution in [0.1, 0.15) is 24.5 Å². The van der Waals surface area contributed by atoms with Crippen LogP contribution in [0.3, 0.4) is 0 Å². The largest absolute Gasteiger partial charge is 0.416 e. The molecule has 0 bridgehead atoms. The summed E-state index contributed by atoms with van der Waals surface area (Å²) in [5, 5.41) is 18.8. The van der Waals surface area contributed by atoms with E-state index in [1.165, 1.54) is 35.8 Å². The molecule has 0 aliphatic heterocycles. The van der Waals surface area contributed by atoms with Gasteiger partial charge in [0, 0.05) is 19.2 Å². The summed E-state index contributed by atoms with van der Waals surface area (Å²) >= 11 is 0. The summed E-state index contributed by atoms with van der Waals surface area (Å²) in [5.41, 5.74) is 0.853. The van der Waals surface area contributed by atoms with E-state index in [0.29, 0.717) is 5.56 Å². The molecule has 0 radical (unpaired) electrons. The van der Waals surface area contributed by atoms with Gasteiger partial charge in [-0.2, -0.15) is 23.4 Å². The van der Waals surface area contributed by atoms with Gasteiger partial charge in [0.15, 0.2) is 0 Å². The first-order valence-electron chi connectivity index (χ1n) is 7.80. The van der Waals surface area contributed by atoms with Gasteiger partial charge in [-0.15, -0.1) is 0 Å². The Kier molecular flexibility index (Phi) is 6.45. The van der Waals surface area contributed by atoms with Crippen molar-refractivity contribution in [3.05, 3.63) is 48.0 Å². The fourth-order valence-electron chi connectivity index (χ4n) is 2.33. The van der Waals surface area contributed by atoms with Crippen LogP contribution in [0.2, 0.25) is 0 Å². The molecule has 2 rings (SSSR count). The van der Waals surface area contributed by atoms with Gasteiger partial charge in [0.25, 0.3) is 0 Å². The number of hydrazone groups is 1. The molecule has 2 N–H and O–H groups in total. The lowest BCUT2D eigenvalue weighted by atomic mass is 9.89. The van der Waals surface area contributed by atoms with Crippen LogP contribution in [0.4, 0.5) is 13.2 Å². The number of hydrogen-bond acceptors (Lipinski definition) is 5. The first-order valence-corrected chi connectivity index (χ1v) is 7.80. The summed E-state index contributed by atoms with van der Waals surface area (Å²) in [5.74, 6) is 0. The smallest absolute Gasteiger partial charge is 0.383 e. The van der Waals surface area contributed by atoms with Gasteiger partial charge >= 0.3 is 6.18 Å². The van der Waals surface area contributed by atoms with E-state index in [2.05, 4.69) is 25.6 Å². The average Bonchev–Trinajstić information content (AvgIpc) is 3.10. The van der Waals surface area contributed by atoms with Crippen molar-refractivity contribution in [1.29, 1.82) is 0 Å². The predicted molar refractivity (Wildman–Crippen MR) is 90.6 cm³/mol. The zero-order valence-electron chi connectivity index (χ0n) is 14.1. The van der Waals surface area contributed by atoms with E-state index in [4.69, 9.17) is 0 Å². The zero-order chi connectivity index (χ0) is 19.0. The molecule has 0 fully saturated rings. The Labute approximate surface area is 148 Å². The Bertz CT molecular complexity index is 727. The highest BCUT2D eigenvalue weighted by Gasteiger charge is 2.33. The van der Waals surface area contributed by atoms with E-state index in [9.17, 15) is 18.3 Å². The number of aromatic nitrogens is 3. The zero-order valence-corrected chi connectivity index (χ0v) is 14.1. The molecule has 2 aromatic rings. The minimum absolute atomic E-state index is 0.0386. The standard InChI is InChI=1S/C16H19F3N6O/c1-2-20-10-23-22-8-7-15(26,9-25-12-21-11-24-25)13-3-5-14(6-4-13)16(17,18)19/h2-6,10-12,22,26H,7-9H2,1H3/b20-2?,23-10-. The number of aliphatic imine (C=N–C) groups is 1. The maximum atomic E-state index is 12.7. The first-order chi connectivity index (χ1) is 12.3. The first kappa shape index (κ1) is 19.6. The number of hydrogen-bond donors (Lipinski definition) is 2. The second kappa shape index (κ2) is 8.56. The molecule has 1 unspecified atom stereocenters. The van der Waals surface area contributed by atoms with Crippen molar-refractivity contribution in [3.63, 3.8) is 0 Å². The monoisotopic (exact) mass is 368 g/mol. The lowest BCUT2D eigenvalue weighted by Crippen LogP contribution is -2.34. The van der Waals surface area contributed by atoms with Crippen LogP contribution in [0.5, 0.6) is 0 Å². The summed E-state index contributed by atoms with van der Waals surface area (Å²) in [6, 6.07) is 4.43. The molecule has 7 nitrogen and oxygen atoms in total. The topological polar surface area (TPSA) is 87.7 Å². The van der Waals surface area contributed by atoms with Gasteiger partial charge in [-0.1, -0.05) is 12.1 Å². The number of alkyl halides is 3. The number of aliphatic hydroxyl groups is 1. The van der Waals surface area contributed by atoms with E-state index in [-0.39, 0.29) is 19.5 Å². The molecule has 0 aliphatic rings. The van der Waals surface area contributed by atoms with E-state index in [1.807, 2.05) is 0 Å². The van der Waals surface area contributed by atoms with Gasteiger partial charge in [-0.3, -0.25) is 0 Å². The third-order valence-corrected chi connectivity index (χ3v) is 3.65. The van der Waals surface area contributed by atoms with Gasteiger partial charge in [-0.25, -0.2) is 14.7 Å². The van der Waals surface area contributed by atoms with Gasteiger partial charge in [0.2, 0.25) is 0 Å². The Balaban J connectivity index is 2.16. The fraction of sp³-hybridized carbons (Fsp3) is 0.375. The van der Waals surface area contributed by atoms with Crippen LogP contribution in [-0.2, 0) is 18.3 Å². The molecule has 1 aromatic carbocycles. The summed E-state index contributed by atoms with van der Waals surface area (Å²) in [7, 11) is 0. The highest BCUT2D eigenvalue weighted by molar-refractivity contribution is 5.70. The van der Waals surface area contributed by atoms with E-state index < -0.39 is 17.3 Å². The maximum Gasteiger partial charge on any atom is 0.416 e. The lowest BCUT2D eigenvalue weighted by Gasteiger charge is -2.28. The van der Waals surface area contributed by atoms with Crippen LogP contribution in [0.25, 0.3) is 0 Å². The molecule has 140 valence electrons. The number of nitrogens with zero attached hydrogens (tertiary/aromatic N) is 5. The highest BCUT2D eigenvalue weighted by Crippen LogP contribution is 2.32. The van der Waals surface area contributed by atoms with Crippen molar-refractivity contribution >= 4 is 12.6 Å². The molecule has 1 atom stereocenters. The second-order valence-electron chi connectivity index (χ2n) is 5.51. The minimum atomic E-state index is -4.43. The van der Waals surface area contributed by atoms with Crippen molar-refractivity contribution in [1.82, 2.24) is 20.2 Å². The Morgan fingerprint density at radius 1 is 1.23 bits per heavy atom. The Morgan fingerprint density at radius 2 is 1.92 bits per heavy atom. The molecule has 0 saturated carbocycles. The molecular weight excluding hydrogens is 349 g/mol. The SMILES string of the molecule is CC=N/C=N\NCCC(O)(Cn1cncn1)c1ccc(C(F)(F)F)cc1. The average molecular weight is 368 g/mol. The van der Waals surface area contributed by atoms with Crippen molar-refractivity contribution in [2.75, 3.05) is 6.54 Å². The summed E-state index contributed by atoms with van der Waals surface area (Å²) in [6.45, 7) is 2.06. The fourth-order valence-corrected chi connectivity index (χ4v) is 2.33. The van der Waals surface area contributed by atoms with Crippen molar-refractivity contribution in [2.24, 2.45) is 10.1 Å². The third-order valence-electron chi connectivity index (χ3n) is 3.65. The van der Waals surface area contributed by atoms with Gasteiger partial charge in [0.05, 0.1) is 12.1 Å². The maximum absolute atomic E-state index is 12.7. The van der Waals surface area contributed by atoms with E-state index in [0.717, 1.165) is 12.1 Å². The predicted octanol–water partition coefficient (Wildman–Crippen LogP) is 2.20. The van der Waals surface area contributed by atoms with Crippen molar-refractivity contribution in [3.8, 4) is 0 Å². The Morgan fingerprint density at radius 3 is 2.50 bits per heavy atom. The molecule has 0 saturated heterocycles. The normalized spacial score (nSPS) is 14.8. The summed E-state index contributed by atoms with van der Waals surface area (Å²) in [4.78, 5) is 7.60. The molecule has 0 spiro atoms. The van der Waals surface area contributed by atoms with Crippen LogP contribution in [0, 0.1) is 0 Å². The molecular formula is C16H19F3N6O. The van der Waals surface area contributed by atoms with E-state index >= 15 is 0 Å². The van der Waals surface area contributed by atoms with Crippen LogP contribution in [-0.4, -0.2) is 39.0 Å². The van der Waals surface area contributed by atoms with Crippen LogP contribution < -0.4 is 5.43 Å². The van der Waals surface area contributed by atoms with Gasteiger partial charge in [0.1, 0.15) is 24.6 Å². The van der Waals surface area contributed by atoms with Crippen molar-refractivity contribution < 1.29 is 18.3 Å². The molecule has 0 amide bonds. The molecule has 0 aliphatic carbocycles. The number of benzene rings is 1. The molecule has 26 heavy (non-hydrogen) atoms. The van der Waals surface area contributed by atoms with Crippen molar-refractivity contribution in [2.45, 2.75) is 31.7 Å². The quantitative estimate of drug-likeness (QED) is 0.324. The number of halogens is 3. The number of rotatable bonds is 8. The molecule has 10 heteroatoms. The summed E-state index contributed by atoms with van der Waals surface area (Å²) < 4.78 is 39.7. The van der Waals surface area contributed by atoms with Gasteiger partial charge in [-0.05, 0) is 24.6 Å². The lowest BCUT2D eigenvalue weighted by molar-refractivity contribution is -0.137. The molecule has 1 aromatic heterocycles.